The number of nitrogen functional groups attached to an aromatic ring is 1. The van der Waals surface area contributed by atoms with Gasteiger partial charge in [-0.15, -0.1) is 0 Å². The second kappa shape index (κ2) is 6.24. The highest BCUT2D eigenvalue weighted by Gasteiger charge is 2.17. The molecule has 0 aliphatic rings. The molecule has 0 radical (unpaired) electrons. The topological polar surface area (TPSA) is 84.4 Å². The van der Waals surface area contributed by atoms with E-state index in [0.29, 0.717) is 17.9 Å². The molecule has 0 fully saturated rings. The number of hydrogen-bond donors (Lipinski definition) is 2. The Kier molecular flexibility index (Phi) is 4.96. The SMILES string of the molecule is CN(CCCCCO)C(=O)c1nn(C)cc1N. The number of unbranched alkanes of at least 4 members (excludes halogenated alkanes) is 2. The first-order valence-corrected chi connectivity index (χ1v) is 5.71. The molecule has 1 rings (SSSR count). The Morgan fingerprint density at radius 1 is 1.53 bits per heavy atom. The second-order valence-corrected chi connectivity index (χ2v) is 4.12. The van der Waals surface area contributed by atoms with Crippen molar-refractivity contribution in [3.05, 3.63) is 11.9 Å². The van der Waals surface area contributed by atoms with Crippen molar-refractivity contribution >= 4 is 11.6 Å². The Morgan fingerprint density at radius 2 is 2.24 bits per heavy atom. The Morgan fingerprint density at radius 3 is 2.76 bits per heavy atom. The molecule has 0 atom stereocenters. The number of aromatic nitrogens is 2. The number of aryl methyl sites for hydroxylation is 1. The summed E-state index contributed by atoms with van der Waals surface area (Å²) in [5.74, 6) is -0.160. The van der Waals surface area contributed by atoms with Crippen LogP contribution in [0.5, 0.6) is 0 Å². The second-order valence-electron chi connectivity index (χ2n) is 4.12. The molecule has 96 valence electrons. The van der Waals surface area contributed by atoms with Crippen molar-refractivity contribution in [3.63, 3.8) is 0 Å². The molecule has 0 aromatic carbocycles. The summed E-state index contributed by atoms with van der Waals surface area (Å²) in [6.07, 6.45) is 4.17. The highest BCUT2D eigenvalue weighted by molar-refractivity contribution is 5.96. The molecule has 0 aliphatic heterocycles. The van der Waals surface area contributed by atoms with Crippen molar-refractivity contribution in [1.29, 1.82) is 0 Å². The van der Waals surface area contributed by atoms with E-state index in [1.54, 1.807) is 25.2 Å². The van der Waals surface area contributed by atoms with Crippen LogP contribution in [0.1, 0.15) is 29.8 Å². The zero-order valence-corrected chi connectivity index (χ0v) is 10.4. The predicted octanol–water partition coefficient (Wildman–Crippen LogP) is 0.237. The molecular formula is C11H20N4O2. The van der Waals surface area contributed by atoms with Gasteiger partial charge in [-0.1, -0.05) is 0 Å². The lowest BCUT2D eigenvalue weighted by Crippen LogP contribution is -2.28. The number of anilines is 1. The van der Waals surface area contributed by atoms with Gasteiger partial charge in [-0.2, -0.15) is 5.10 Å². The van der Waals surface area contributed by atoms with Gasteiger partial charge in [0.05, 0.1) is 5.69 Å². The maximum Gasteiger partial charge on any atom is 0.276 e. The number of nitrogens with two attached hydrogens (primary N) is 1. The molecule has 0 saturated carbocycles. The zero-order valence-electron chi connectivity index (χ0n) is 10.4. The first-order valence-electron chi connectivity index (χ1n) is 5.71. The van der Waals surface area contributed by atoms with E-state index in [4.69, 9.17) is 10.8 Å². The summed E-state index contributed by atoms with van der Waals surface area (Å²) in [6.45, 7) is 0.847. The smallest absolute Gasteiger partial charge is 0.276 e. The number of aliphatic hydroxyl groups is 1. The summed E-state index contributed by atoms with van der Waals surface area (Å²) in [6, 6.07) is 0. The fourth-order valence-electron chi connectivity index (χ4n) is 1.59. The fourth-order valence-corrected chi connectivity index (χ4v) is 1.59. The lowest BCUT2D eigenvalue weighted by molar-refractivity contribution is 0.0786. The number of nitrogens with zero attached hydrogens (tertiary/aromatic N) is 3. The molecule has 1 heterocycles. The molecule has 0 bridgehead atoms. The predicted molar refractivity (Wildman–Crippen MR) is 65.5 cm³/mol. The molecule has 6 nitrogen and oxygen atoms in total. The summed E-state index contributed by atoms with van der Waals surface area (Å²) in [5.41, 5.74) is 6.40. The summed E-state index contributed by atoms with van der Waals surface area (Å²) < 4.78 is 1.53. The Labute approximate surface area is 101 Å². The number of amides is 1. The lowest BCUT2D eigenvalue weighted by atomic mass is 10.2. The largest absolute Gasteiger partial charge is 0.396 e. The highest BCUT2D eigenvalue weighted by Crippen LogP contribution is 2.11. The molecular weight excluding hydrogens is 220 g/mol. The average molecular weight is 240 g/mol. The van der Waals surface area contributed by atoms with Crippen molar-refractivity contribution in [2.45, 2.75) is 19.3 Å². The molecule has 0 unspecified atom stereocenters. The normalized spacial score (nSPS) is 10.5. The summed E-state index contributed by atoms with van der Waals surface area (Å²) in [5, 5.41) is 12.7. The third kappa shape index (κ3) is 3.74. The Hall–Kier alpha value is -1.56. The van der Waals surface area contributed by atoms with E-state index >= 15 is 0 Å². The molecule has 1 aromatic heterocycles. The minimum absolute atomic E-state index is 0.160. The van der Waals surface area contributed by atoms with Crippen molar-refractivity contribution in [2.24, 2.45) is 7.05 Å². The van der Waals surface area contributed by atoms with E-state index in [1.807, 2.05) is 0 Å². The number of hydrogen-bond acceptors (Lipinski definition) is 4. The van der Waals surface area contributed by atoms with E-state index < -0.39 is 0 Å². The van der Waals surface area contributed by atoms with Gasteiger partial charge >= 0.3 is 0 Å². The van der Waals surface area contributed by atoms with Crippen LogP contribution in [0, 0.1) is 0 Å². The summed E-state index contributed by atoms with van der Waals surface area (Å²) >= 11 is 0. The van der Waals surface area contributed by atoms with Gasteiger partial charge in [0.2, 0.25) is 0 Å². The minimum atomic E-state index is -0.160. The van der Waals surface area contributed by atoms with E-state index in [2.05, 4.69) is 5.10 Å². The van der Waals surface area contributed by atoms with Crippen molar-refractivity contribution in [1.82, 2.24) is 14.7 Å². The van der Waals surface area contributed by atoms with E-state index in [0.717, 1.165) is 19.3 Å². The van der Waals surface area contributed by atoms with Crippen LogP contribution >= 0.6 is 0 Å². The van der Waals surface area contributed by atoms with E-state index in [9.17, 15) is 4.79 Å². The molecule has 1 aromatic rings. The van der Waals surface area contributed by atoms with Gasteiger partial charge in [0.15, 0.2) is 5.69 Å². The van der Waals surface area contributed by atoms with Gasteiger partial charge in [-0.25, -0.2) is 0 Å². The highest BCUT2D eigenvalue weighted by atomic mass is 16.2. The first kappa shape index (κ1) is 13.5. The number of carbonyl (C=O) groups excluding carboxylic acids is 1. The maximum atomic E-state index is 12.0. The molecule has 0 aliphatic carbocycles. The van der Waals surface area contributed by atoms with Crippen LogP contribution in [0.3, 0.4) is 0 Å². The van der Waals surface area contributed by atoms with Crippen molar-refractivity contribution in [2.75, 3.05) is 25.9 Å². The molecule has 3 N–H and O–H groups in total. The molecule has 0 spiro atoms. The molecule has 6 heteroatoms. The Bertz CT molecular complexity index is 376. The van der Waals surface area contributed by atoms with Gasteiger partial charge in [0, 0.05) is 33.4 Å². The van der Waals surface area contributed by atoms with E-state index in [-0.39, 0.29) is 12.5 Å². The van der Waals surface area contributed by atoms with Gasteiger partial charge in [0.25, 0.3) is 5.91 Å². The average Bonchev–Trinajstić information content (AvgIpc) is 2.62. The maximum absolute atomic E-state index is 12.0. The van der Waals surface area contributed by atoms with Crippen LogP contribution in [0.4, 0.5) is 5.69 Å². The molecule has 17 heavy (non-hydrogen) atoms. The Balaban J connectivity index is 2.49. The van der Waals surface area contributed by atoms with Crippen LogP contribution in [-0.4, -0.2) is 45.9 Å². The quantitative estimate of drug-likeness (QED) is 0.697. The van der Waals surface area contributed by atoms with Crippen LogP contribution in [0.25, 0.3) is 0 Å². The third-order valence-electron chi connectivity index (χ3n) is 2.56. The first-order chi connectivity index (χ1) is 8.06. The zero-order chi connectivity index (χ0) is 12.8. The minimum Gasteiger partial charge on any atom is -0.396 e. The lowest BCUT2D eigenvalue weighted by Gasteiger charge is -2.15. The van der Waals surface area contributed by atoms with Gasteiger partial charge in [-0.3, -0.25) is 9.48 Å². The standard InChI is InChI=1S/C11H20N4O2/c1-14(6-4-3-5-7-16)11(17)10-9(12)8-15(2)13-10/h8,16H,3-7,12H2,1-2H3. The van der Waals surface area contributed by atoms with Crippen LogP contribution in [-0.2, 0) is 7.05 Å². The fraction of sp³-hybridized carbons (Fsp3) is 0.636. The molecule has 0 saturated heterocycles. The third-order valence-corrected chi connectivity index (χ3v) is 2.56. The van der Waals surface area contributed by atoms with Crippen LogP contribution in [0.2, 0.25) is 0 Å². The monoisotopic (exact) mass is 240 g/mol. The van der Waals surface area contributed by atoms with Crippen LogP contribution in [0.15, 0.2) is 6.20 Å². The van der Waals surface area contributed by atoms with E-state index in [1.165, 1.54) is 4.68 Å². The van der Waals surface area contributed by atoms with Gasteiger partial charge < -0.3 is 15.7 Å². The number of aliphatic hydroxyl groups excluding tert-OH is 1. The van der Waals surface area contributed by atoms with Crippen molar-refractivity contribution < 1.29 is 9.90 Å². The number of carbonyl (C=O) groups is 1. The molecule has 1 amide bonds. The summed E-state index contributed by atoms with van der Waals surface area (Å²) in [4.78, 5) is 13.6. The number of rotatable bonds is 6. The van der Waals surface area contributed by atoms with Crippen LogP contribution < -0.4 is 5.73 Å². The van der Waals surface area contributed by atoms with Gasteiger partial charge in [-0.05, 0) is 19.3 Å². The van der Waals surface area contributed by atoms with Crippen molar-refractivity contribution in [3.8, 4) is 0 Å². The van der Waals surface area contributed by atoms with Gasteiger partial charge in [0.1, 0.15) is 0 Å². The summed E-state index contributed by atoms with van der Waals surface area (Å²) in [7, 11) is 3.46.